The summed E-state index contributed by atoms with van der Waals surface area (Å²) in [6.07, 6.45) is -3.35. The first-order chi connectivity index (χ1) is 15.5. The van der Waals surface area contributed by atoms with Crippen LogP contribution in [0, 0.1) is 0 Å². The zero-order chi connectivity index (χ0) is 23.6. The fraction of sp³-hybridized carbons (Fsp3) is 0.652. The van der Waals surface area contributed by atoms with Crippen LogP contribution in [0.5, 0.6) is 5.75 Å². The number of piperidine rings is 1. The van der Waals surface area contributed by atoms with Crippen molar-refractivity contribution in [1.29, 1.82) is 0 Å². The predicted octanol–water partition coefficient (Wildman–Crippen LogP) is 2.40. The predicted molar refractivity (Wildman–Crippen MR) is 112 cm³/mol. The van der Waals surface area contributed by atoms with Crippen LogP contribution in [0.25, 0.3) is 0 Å². The maximum absolute atomic E-state index is 12.8. The summed E-state index contributed by atoms with van der Waals surface area (Å²) in [4.78, 5) is 26.8. The van der Waals surface area contributed by atoms with E-state index in [1.165, 1.54) is 0 Å². The molecule has 2 aliphatic carbocycles. The minimum atomic E-state index is -4.21. The molecule has 0 radical (unpaired) electrons. The highest BCUT2D eigenvalue weighted by atomic mass is 19.4. The van der Waals surface area contributed by atoms with Gasteiger partial charge in [-0.2, -0.15) is 13.2 Å². The van der Waals surface area contributed by atoms with Gasteiger partial charge in [-0.25, -0.2) is 4.79 Å². The molecule has 0 unspecified atom stereocenters. The standard InChI is InChI=1S/C23H28F3N3O4/c1-33-15-4-3-14-11-17-22(32)7-6-21(18(30)27-19(31)28-21)13-20(22,16(14)12-15)8-10-29(17)9-2-5-23(24,25)26/h3-4,12,17,32H,2,5-11,13H2,1H3,(H2,27,28,30,31)/t17-,20-,21+,22-/m1/s1. The summed E-state index contributed by atoms with van der Waals surface area (Å²) in [5.74, 6) is 0.249. The van der Waals surface area contributed by atoms with Gasteiger partial charge in [-0.15, -0.1) is 0 Å². The molecule has 3 amide bonds. The van der Waals surface area contributed by atoms with Crippen molar-refractivity contribution < 1.29 is 32.6 Å². The maximum Gasteiger partial charge on any atom is 0.389 e. The van der Waals surface area contributed by atoms with Crippen molar-refractivity contribution in [2.24, 2.45) is 0 Å². The van der Waals surface area contributed by atoms with E-state index in [1.807, 2.05) is 23.1 Å². The Bertz CT molecular complexity index is 1000. The Balaban J connectivity index is 1.55. The van der Waals surface area contributed by atoms with Crippen molar-refractivity contribution in [2.75, 3.05) is 20.2 Å². The highest BCUT2D eigenvalue weighted by molar-refractivity contribution is 6.07. The summed E-state index contributed by atoms with van der Waals surface area (Å²) >= 11 is 0. The lowest BCUT2D eigenvalue weighted by atomic mass is 9.46. The second kappa shape index (κ2) is 7.33. The highest BCUT2D eigenvalue weighted by Gasteiger charge is 2.69. The van der Waals surface area contributed by atoms with Crippen LogP contribution in [0.2, 0.25) is 0 Å². The summed E-state index contributed by atoms with van der Waals surface area (Å²) in [6, 6.07) is 4.79. The summed E-state index contributed by atoms with van der Waals surface area (Å²) < 4.78 is 43.7. The lowest BCUT2D eigenvalue weighted by molar-refractivity contribution is -0.181. The average molecular weight is 467 g/mol. The normalized spacial score (nSPS) is 35.6. The van der Waals surface area contributed by atoms with Crippen LogP contribution >= 0.6 is 0 Å². The Kier molecular flexibility index (Phi) is 4.99. The number of aliphatic hydroxyl groups is 1. The molecular weight excluding hydrogens is 439 g/mol. The van der Waals surface area contributed by atoms with Crippen molar-refractivity contribution in [3.8, 4) is 5.75 Å². The van der Waals surface area contributed by atoms with Crippen molar-refractivity contribution >= 4 is 11.9 Å². The van der Waals surface area contributed by atoms with Gasteiger partial charge in [0.05, 0.1) is 12.7 Å². The second-order valence-corrected chi connectivity index (χ2v) is 9.92. The third kappa shape index (κ3) is 3.32. The first kappa shape index (κ1) is 22.5. The summed E-state index contributed by atoms with van der Waals surface area (Å²) in [5.41, 5.74) is -1.27. The first-order valence-corrected chi connectivity index (χ1v) is 11.4. The number of hydrogen-bond acceptors (Lipinski definition) is 5. The minimum absolute atomic E-state index is 0.0268. The molecule has 1 aromatic carbocycles. The van der Waals surface area contributed by atoms with Gasteiger partial charge in [0.15, 0.2) is 0 Å². The number of likely N-dealkylation sites (tertiary alicyclic amines) is 1. The lowest BCUT2D eigenvalue weighted by Crippen LogP contribution is -2.76. The first-order valence-electron chi connectivity index (χ1n) is 11.4. The fourth-order valence-corrected chi connectivity index (χ4v) is 6.84. The van der Waals surface area contributed by atoms with E-state index in [2.05, 4.69) is 10.6 Å². The van der Waals surface area contributed by atoms with Crippen LogP contribution in [0.3, 0.4) is 0 Å². The van der Waals surface area contributed by atoms with E-state index in [0.29, 0.717) is 25.1 Å². The number of imide groups is 1. The zero-order valence-electron chi connectivity index (χ0n) is 18.4. The van der Waals surface area contributed by atoms with Gasteiger partial charge >= 0.3 is 12.2 Å². The third-order valence-electron chi connectivity index (χ3n) is 8.35. The number of halogens is 3. The Morgan fingerprint density at radius 2 is 2.03 bits per heavy atom. The van der Waals surface area contributed by atoms with Gasteiger partial charge < -0.3 is 15.2 Å². The Morgan fingerprint density at radius 1 is 1.24 bits per heavy atom. The van der Waals surface area contributed by atoms with E-state index in [0.717, 1.165) is 11.1 Å². The van der Waals surface area contributed by atoms with Crippen molar-refractivity contribution in [3.05, 3.63) is 29.3 Å². The lowest BCUT2D eigenvalue weighted by Gasteiger charge is -2.65. The van der Waals surface area contributed by atoms with E-state index >= 15 is 0 Å². The molecule has 33 heavy (non-hydrogen) atoms. The van der Waals surface area contributed by atoms with E-state index in [1.54, 1.807) is 7.11 Å². The number of ether oxygens (including phenoxy) is 1. The molecule has 2 heterocycles. The molecule has 4 aliphatic rings. The molecule has 3 fully saturated rings. The monoisotopic (exact) mass is 467 g/mol. The summed E-state index contributed by atoms with van der Waals surface area (Å²) in [5, 5.41) is 17.4. The number of nitrogens with one attached hydrogen (secondary N) is 2. The van der Waals surface area contributed by atoms with E-state index in [-0.39, 0.29) is 44.2 Å². The van der Waals surface area contributed by atoms with E-state index in [9.17, 15) is 27.9 Å². The minimum Gasteiger partial charge on any atom is -0.497 e. The van der Waals surface area contributed by atoms with Gasteiger partial charge in [0.2, 0.25) is 0 Å². The molecule has 2 aliphatic heterocycles. The number of carbonyl (C=O) groups is 2. The van der Waals surface area contributed by atoms with Gasteiger partial charge in [0, 0.05) is 17.9 Å². The number of alkyl halides is 3. The molecule has 4 atom stereocenters. The Labute approximate surface area is 189 Å². The molecule has 10 heteroatoms. The van der Waals surface area contributed by atoms with Crippen LogP contribution < -0.4 is 15.4 Å². The van der Waals surface area contributed by atoms with E-state index < -0.39 is 35.2 Å². The zero-order valence-corrected chi connectivity index (χ0v) is 18.4. The number of carbonyl (C=O) groups excluding carboxylic acids is 2. The molecule has 2 saturated heterocycles. The molecule has 180 valence electrons. The molecule has 1 spiro atoms. The molecule has 7 nitrogen and oxygen atoms in total. The number of benzene rings is 1. The fourth-order valence-electron chi connectivity index (χ4n) is 6.84. The van der Waals surface area contributed by atoms with Crippen LogP contribution in [0.4, 0.5) is 18.0 Å². The molecule has 5 rings (SSSR count). The quantitative estimate of drug-likeness (QED) is 0.592. The van der Waals surface area contributed by atoms with Crippen LogP contribution in [-0.4, -0.2) is 65.5 Å². The number of nitrogens with zero attached hydrogens (tertiary/aromatic N) is 1. The van der Waals surface area contributed by atoms with Crippen LogP contribution in [0.15, 0.2) is 18.2 Å². The highest BCUT2D eigenvalue weighted by Crippen LogP contribution is 2.60. The molecule has 0 aromatic heterocycles. The maximum atomic E-state index is 12.8. The number of methoxy groups -OCH3 is 1. The van der Waals surface area contributed by atoms with Gasteiger partial charge in [-0.3, -0.25) is 15.0 Å². The molecule has 1 saturated carbocycles. The van der Waals surface area contributed by atoms with Crippen LogP contribution in [-0.2, 0) is 16.6 Å². The second-order valence-electron chi connectivity index (χ2n) is 9.92. The van der Waals surface area contributed by atoms with Gasteiger partial charge in [0.25, 0.3) is 5.91 Å². The van der Waals surface area contributed by atoms with E-state index in [4.69, 9.17) is 4.74 Å². The molecular formula is C23H28F3N3O4. The smallest absolute Gasteiger partial charge is 0.389 e. The number of rotatable bonds is 4. The Morgan fingerprint density at radius 3 is 2.70 bits per heavy atom. The number of amides is 3. The van der Waals surface area contributed by atoms with Gasteiger partial charge in [-0.05, 0) is 74.9 Å². The molecule has 1 aromatic rings. The largest absolute Gasteiger partial charge is 0.497 e. The topological polar surface area (TPSA) is 90.9 Å². The van der Waals surface area contributed by atoms with Gasteiger partial charge in [-0.1, -0.05) is 6.07 Å². The summed E-state index contributed by atoms with van der Waals surface area (Å²) in [6.45, 7) is 0.754. The van der Waals surface area contributed by atoms with Crippen molar-refractivity contribution in [2.45, 2.75) is 73.7 Å². The van der Waals surface area contributed by atoms with Gasteiger partial charge in [0.1, 0.15) is 11.3 Å². The molecule has 3 N–H and O–H groups in total. The van der Waals surface area contributed by atoms with Crippen LogP contribution in [0.1, 0.15) is 49.7 Å². The number of urea groups is 1. The summed E-state index contributed by atoms with van der Waals surface area (Å²) in [7, 11) is 1.56. The number of fused-ring (bicyclic) bond motifs is 1. The van der Waals surface area contributed by atoms with Crippen molar-refractivity contribution in [3.63, 3.8) is 0 Å². The molecule has 2 bridgehead atoms. The number of hydrogen-bond donors (Lipinski definition) is 3. The third-order valence-corrected chi connectivity index (χ3v) is 8.35. The van der Waals surface area contributed by atoms with Crippen molar-refractivity contribution in [1.82, 2.24) is 15.5 Å². The SMILES string of the molecule is COc1ccc2c(c1)[C@]13CCN(CCCC(F)(F)F)[C@H](C2)[C@]1(O)CC[C@@]1(C3)NC(=O)NC1=O. The average Bonchev–Trinajstić information content (AvgIpc) is 3.01. The Hall–Kier alpha value is -2.33.